The number of hydrogen-bond donors (Lipinski definition) is 1. The zero-order chi connectivity index (χ0) is 12.2. The molecule has 0 atom stereocenters. The summed E-state index contributed by atoms with van der Waals surface area (Å²) in [4.78, 5) is 4.38. The van der Waals surface area contributed by atoms with Crippen molar-refractivity contribution in [3.05, 3.63) is 41.6 Å². The number of benzene rings is 1. The Hall–Kier alpha value is -1.57. The van der Waals surface area contributed by atoms with Crippen molar-refractivity contribution in [2.45, 2.75) is 27.7 Å². The second-order valence-electron chi connectivity index (χ2n) is 4.94. The zero-order valence-corrected chi connectivity index (χ0v) is 10.5. The molecule has 0 unspecified atom stereocenters. The molecule has 0 aliphatic heterocycles. The van der Waals surface area contributed by atoms with Crippen LogP contribution in [0.4, 0.5) is 5.69 Å². The van der Waals surface area contributed by atoms with Gasteiger partial charge in [0.05, 0.1) is 5.69 Å². The predicted molar refractivity (Wildman–Crippen MR) is 71.1 cm³/mol. The van der Waals surface area contributed by atoms with E-state index in [1.807, 2.05) is 37.3 Å². The fourth-order valence-corrected chi connectivity index (χ4v) is 1.16. The monoisotopic (exact) mass is 216 g/mol. The molecule has 0 radical (unpaired) electrons. The van der Waals surface area contributed by atoms with Crippen LogP contribution >= 0.6 is 0 Å². The minimum absolute atomic E-state index is 0.00223. The summed E-state index contributed by atoms with van der Waals surface area (Å²) in [6, 6.07) is 8.03. The maximum atomic E-state index is 5.92. The van der Waals surface area contributed by atoms with Gasteiger partial charge in [-0.3, -0.25) is 4.99 Å². The lowest BCUT2D eigenvalue weighted by molar-refractivity contribution is 0.498. The fourth-order valence-electron chi connectivity index (χ4n) is 1.16. The predicted octanol–water partition coefficient (Wildman–Crippen LogP) is 3.59. The van der Waals surface area contributed by atoms with Crippen molar-refractivity contribution in [1.29, 1.82) is 0 Å². The lowest BCUT2D eigenvalue weighted by atomic mass is 9.92. The van der Waals surface area contributed by atoms with Gasteiger partial charge >= 0.3 is 0 Å². The SMILES string of the molecule is Cc1ccccc1N=CC=C(N)C(C)(C)C. The minimum Gasteiger partial charge on any atom is -0.402 e. The summed E-state index contributed by atoms with van der Waals surface area (Å²) in [6.45, 7) is 8.30. The van der Waals surface area contributed by atoms with Crippen LogP contribution in [0.1, 0.15) is 26.3 Å². The molecule has 1 rings (SSSR count). The molecule has 0 saturated carbocycles. The molecule has 0 aromatic heterocycles. The van der Waals surface area contributed by atoms with Crippen molar-refractivity contribution in [3.63, 3.8) is 0 Å². The van der Waals surface area contributed by atoms with Crippen LogP contribution in [-0.2, 0) is 0 Å². The van der Waals surface area contributed by atoms with E-state index in [0.717, 1.165) is 11.4 Å². The van der Waals surface area contributed by atoms with Crippen molar-refractivity contribution in [2.24, 2.45) is 16.1 Å². The Kier molecular flexibility index (Phi) is 3.88. The highest BCUT2D eigenvalue weighted by Crippen LogP contribution is 2.20. The van der Waals surface area contributed by atoms with Crippen LogP contribution in [0.3, 0.4) is 0 Å². The largest absolute Gasteiger partial charge is 0.402 e. The van der Waals surface area contributed by atoms with Gasteiger partial charge in [0.1, 0.15) is 0 Å². The summed E-state index contributed by atoms with van der Waals surface area (Å²) in [7, 11) is 0. The Morgan fingerprint density at radius 3 is 2.44 bits per heavy atom. The van der Waals surface area contributed by atoms with Crippen LogP contribution in [0.2, 0.25) is 0 Å². The van der Waals surface area contributed by atoms with Crippen LogP contribution in [0.25, 0.3) is 0 Å². The van der Waals surface area contributed by atoms with Gasteiger partial charge in [0.25, 0.3) is 0 Å². The average molecular weight is 216 g/mol. The molecular weight excluding hydrogens is 196 g/mol. The van der Waals surface area contributed by atoms with Crippen molar-refractivity contribution in [3.8, 4) is 0 Å². The molecule has 0 fully saturated rings. The molecule has 86 valence electrons. The Morgan fingerprint density at radius 1 is 1.25 bits per heavy atom. The van der Waals surface area contributed by atoms with Gasteiger partial charge in [-0.25, -0.2) is 0 Å². The number of nitrogens with zero attached hydrogens (tertiary/aromatic N) is 1. The van der Waals surface area contributed by atoms with E-state index in [9.17, 15) is 0 Å². The van der Waals surface area contributed by atoms with E-state index < -0.39 is 0 Å². The molecule has 0 amide bonds. The van der Waals surface area contributed by atoms with Gasteiger partial charge in [-0.2, -0.15) is 0 Å². The van der Waals surface area contributed by atoms with E-state index in [0.29, 0.717) is 0 Å². The number of nitrogens with two attached hydrogens (primary N) is 1. The molecular formula is C14H20N2. The van der Waals surface area contributed by atoms with Crippen LogP contribution in [0.5, 0.6) is 0 Å². The first-order valence-electron chi connectivity index (χ1n) is 5.47. The average Bonchev–Trinajstić information content (AvgIpc) is 2.19. The molecule has 0 spiro atoms. The fraction of sp³-hybridized carbons (Fsp3) is 0.357. The van der Waals surface area contributed by atoms with Crippen LogP contribution in [0.15, 0.2) is 41.0 Å². The van der Waals surface area contributed by atoms with Crippen LogP contribution in [0, 0.1) is 12.3 Å². The minimum atomic E-state index is -0.00223. The van der Waals surface area contributed by atoms with Gasteiger partial charge in [-0.15, -0.1) is 0 Å². The van der Waals surface area contributed by atoms with Gasteiger partial charge in [-0.05, 0) is 24.6 Å². The highest BCUT2D eigenvalue weighted by Gasteiger charge is 2.12. The number of hydrogen-bond acceptors (Lipinski definition) is 2. The molecule has 0 bridgehead atoms. The Labute approximate surface area is 97.9 Å². The van der Waals surface area contributed by atoms with Crippen LogP contribution < -0.4 is 5.73 Å². The zero-order valence-electron chi connectivity index (χ0n) is 10.5. The van der Waals surface area contributed by atoms with Crippen molar-refractivity contribution < 1.29 is 0 Å². The summed E-state index contributed by atoms with van der Waals surface area (Å²) in [6.07, 6.45) is 3.63. The molecule has 2 heteroatoms. The maximum absolute atomic E-state index is 5.92. The topological polar surface area (TPSA) is 38.4 Å². The van der Waals surface area contributed by atoms with Crippen LogP contribution in [-0.4, -0.2) is 6.21 Å². The molecule has 0 aliphatic carbocycles. The third-order valence-electron chi connectivity index (χ3n) is 2.45. The highest BCUT2D eigenvalue weighted by molar-refractivity contribution is 5.76. The standard InChI is InChI=1S/C14H20N2/c1-11-7-5-6-8-12(11)16-10-9-13(15)14(2,3)4/h5-10H,15H2,1-4H3. The van der Waals surface area contributed by atoms with Crippen molar-refractivity contribution in [2.75, 3.05) is 0 Å². The molecule has 0 heterocycles. The van der Waals surface area contributed by atoms with Gasteiger partial charge in [0, 0.05) is 17.3 Å². The van der Waals surface area contributed by atoms with E-state index in [1.165, 1.54) is 5.56 Å². The lowest BCUT2D eigenvalue weighted by Crippen LogP contribution is -2.16. The van der Waals surface area contributed by atoms with Gasteiger partial charge in [-0.1, -0.05) is 39.0 Å². The summed E-state index contributed by atoms with van der Waals surface area (Å²) >= 11 is 0. The third kappa shape index (κ3) is 3.54. The Morgan fingerprint density at radius 2 is 1.88 bits per heavy atom. The second kappa shape index (κ2) is 4.97. The smallest absolute Gasteiger partial charge is 0.0658 e. The van der Waals surface area contributed by atoms with E-state index in [1.54, 1.807) is 6.21 Å². The number of aryl methyl sites for hydroxylation is 1. The summed E-state index contributed by atoms with van der Waals surface area (Å²) in [5.41, 5.74) is 8.91. The Bertz CT molecular complexity index is 409. The molecule has 0 saturated heterocycles. The highest BCUT2D eigenvalue weighted by atomic mass is 14.7. The quantitative estimate of drug-likeness (QED) is 0.754. The molecule has 0 aliphatic rings. The number of allylic oxidation sites excluding steroid dienone is 2. The van der Waals surface area contributed by atoms with Crippen molar-refractivity contribution in [1.82, 2.24) is 0 Å². The number of para-hydroxylation sites is 1. The first kappa shape index (κ1) is 12.5. The van der Waals surface area contributed by atoms with Crippen molar-refractivity contribution >= 4 is 11.9 Å². The molecule has 16 heavy (non-hydrogen) atoms. The van der Waals surface area contributed by atoms with E-state index in [2.05, 4.69) is 25.8 Å². The summed E-state index contributed by atoms with van der Waals surface area (Å²) in [5, 5.41) is 0. The first-order chi connectivity index (χ1) is 7.41. The maximum Gasteiger partial charge on any atom is 0.0658 e. The third-order valence-corrected chi connectivity index (χ3v) is 2.45. The Balaban J connectivity index is 2.80. The second-order valence-corrected chi connectivity index (χ2v) is 4.94. The lowest BCUT2D eigenvalue weighted by Gasteiger charge is -2.17. The molecule has 1 aromatic rings. The van der Waals surface area contributed by atoms with Gasteiger partial charge < -0.3 is 5.73 Å². The summed E-state index contributed by atoms with van der Waals surface area (Å²) < 4.78 is 0. The molecule has 2 N–H and O–H groups in total. The van der Waals surface area contributed by atoms with Gasteiger partial charge in [0.2, 0.25) is 0 Å². The van der Waals surface area contributed by atoms with E-state index >= 15 is 0 Å². The first-order valence-corrected chi connectivity index (χ1v) is 5.47. The van der Waals surface area contributed by atoms with E-state index in [4.69, 9.17) is 5.73 Å². The molecule has 1 aromatic carbocycles. The summed E-state index contributed by atoms with van der Waals surface area (Å²) in [5.74, 6) is 0. The molecule has 2 nitrogen and oxygen atoms in total. The number of aliphatic imine (C=N–C) groups is 1. The van der Waals surface area contributed by atoms with Gasteiger partial charge in [0.15, 0.2) is 0 Å². The normalized spacial score (nSPS) is 13.4. The number of rotatable bonds is 2. The van der Waals surface area contributed by atoms with E-state index in [-0.39, 0.29) is 5.41 Å².